The largest absolute Gasteiger partial charge is 0.343 e. The van der Waals surface area contributed by atoms with Crippen LogP contribution in [0.15, 0.2) is 66.9 Å². The zero-order valence-corrected chi connectivity index (χ0v) is 25.5. The van der Waals surface area contributed by atoms with Crippen molar-refractivity contribution in [3.63, 3.8) is 0 Å². The summed E-state index contributed by atoms with van der Waals surface area (Å²) in [6.07, 6.45) is 6.64. The number of nitrogens with two attached hydrogens (primary N) is 1. The summed E-state index contributed by atoms with van der Waals surface area (Å²) in [4.78, 5) is 32.3. The first-order chi connectivity index (χ1) is 19.3. The van der Waals surface area contributed by atoms with Gasteiger partial charge in [0.15, 0.2) is 0 Å². The molecule has 2 aromatic carbocycles. The van der Waals surface area contributed by atoms with Gasteiger partial charge in [0.2, 0.25) is 11.8 Å². The molecule has 218 valence electrons. The molecular formula is C35H46N4O2. The van der Waals surface area contributed by atoms with Crippen LogP contribution in [0.2, 0.25) is 0 Å². The van der Waals surface area contributed by atoms with Gasteiger partial charge in [0.25, 0.3) is 0 Å². The quantitative estimate of drug-likeness (QED) is 0.304. The van der Waals surface area contributed by atoms with Gasteiger partial charge in [0.1, 0.15) is 5.82 Å². The molecule has 0 spiro atoms. The molecule has 1 aromatic heterocycles. The van der Waals surface area contributed by atoms with E-state index in [1.165, 1.54) is 0 Å². The lowest BCUT2D eigenvalue weighted by Crippen LogP contribution is -2.41. The average molecular weight is 555 g/mol. The fraction of sp³-hybridized carbons (Fsp3) is 0.457. The van der Waals surface area contributed by atoms with Gasteiger partial charge in [-0.15, -0.1) is 0 Å². The number of hydrogen-bond acceptors (Lipinski definition) is 4. The van der Waals surface area contributed by atoms with Crippen LogP contribution in [0, 0.1) is 11.3 Å². The van der Waals surface area contributed by atoms with Crippen LogP contribution in [0.4, 0.5) is 5.82 Å². The van der Waals surface area contributed by atoms with E-state index in [4.69, 9.17) is 5.73 Å². The number of aromatic nitrogens is 1. The van der Waals surface area contributed by atoms with Crippen molar-refractivity contribution in [2.24, 2.45) is 17.1 Å². The van der Waals surface area contributed by atoms with Gasteiger partial charge in [-0.3, -0.25) is 9.59 Å². The van der Waals surface area contributed by atoms with Gasteiger partial charge in [0.05, 0.1) is 0 Å². The lowest BCUT2D eigenvalue weighted by Gasteiger charge is -2.35. The number of nitrogens with one attached hydrogen (secondary N) is 1. The highest BCUT2D eigenvalue weighted by Gasteiger charge is 2.29. The molecule has 3 aromatic rings. The summed E-state index contributed by atoms with van der Waals surface area (Å²) >= 11 is 0. The Kier molecular flexibility index (Phi) is 9.33. The van der Waals surface area contributed by atoms with Gasteiger partial charge in [-0.1, -0.05) is 75.4 Å². The number of benzene rings is 2. The fourth-order valence-electron chi connectivity index (χ4n) is 5.66. The molecule has 4 rings (SSSR count). The number of amides is 2. The number of hydrogen-bond donors (Lipinski definition) is 2. The van der Waals surface area contributed by atoms with Crippen LogP contribution in [0.3, 0.4) is 0 Å². The van der Waals surface area contributed by atoms with Crippen molar-refractivity contribution in [2.45, 2.75) is 84.7 Å². The van der Waals surface area contributed by atoms with Crippen LogP contribution in [0.5, 0.6) is 0 Å². The predicted octanol–water partition coefficient (Wildman–Crippen LogP) is 7.39. The van der Waals surface area contributed by atoms with E-state index >= 15 is 0 Å². The predicted molar refractivity (Wildman–Crippen MR) is 168 cm³/mol. The second kappa shape index (κ2) is 12.6. The van der Waals surface area contributed by atoms with Crippen LogP contribution in [-0.4, -0.2) is 34.8 Å². The molecule has 1 aliphatic rings. The minimum atomic E-state index is -0.411. The fourth-order valence-corrected chi connectivity index (χ4v) is 5.66. The summed E-state index contributed by atoms with van der Waals surface area (Å²) in [6.45, 7) is 10.3. The van der Waals surface area contributed by atoms with E-state index in [1.54, 1.807) is 0 Å². The van der Waals surface area contributed by atoms with Crippen molar-refractivity contribution in [1.29, 1.82) is 0 Å². The van der Waals surface area contributed by atoms with Crippen LogP contribution < -0.4 is 11.1 Å². The summed E-state index contributed by atoms with van der Waals surface area (Å²) in [5.41, 5.74) is 11.0. The zero-order valence-electron chi connectivity index (χ0n) is 25.5. The zero-order chi connectivity index (χ0) is 29.8. The third-order valence-electron chi connectivity index (χ3n) is 8.11. The van der Waals surface area contributed by atoms with Crippen LogP contribution in [-0.2, 0) is 15.1 Å². The maximum Gasteiger partial charge on any atom is 0.225 e. The molecular weight excluding hydrogens is 508 g/mol. The minimum absolute atomic E-state index is 0.0143. The van der Waals surface area contributed by atoms with Gasteiger partial charge >= 0.3 is 0 Å². The Balaban J connectivity index is 1.42. The summed E-state index contributed by atoms with van der Waals surface area (Å²) in [6, 6.07) is 20.7. The van der Waals surface area contributed by atoms with Gasteiger partial charge in [-0.2, -0.15) is 0 Å². The van der Waals surface area contributed by atoms with E-state index in [9.17, 15) is 9.59 Å². The molecule has 0 bridgehead atoms. The summed E-state index contributed by atoms with van der Waals surface area (Å²) in [7, 11) is 1.93. The van der Waals surface area contributed by atoms with E-state index in [1.807, 2.05) is 56.3 Å². The number of rotatable bonds is 8. The van der Waals surface area contributed by atoms with E-state index in [2.05, 4.69) is 67.5 Å². The molecule has 1 fully saturated rings. The Morgan fingerprint density at radius 2 is 1.51 bits per heavy atom. The molecule has 0 aliphatic heterocycles. The molecule has 41 heavy (non-hydrogen) atoms. The van der Waals surface area contributed by atoms with Crippen molar-refractivity contribution in [2.75, 3.05) is 12.4 Å². The highest BCUT2D eigenvalue weighted by atomic mass is 16.2. The molecule has 1 saturated carbocycles. The van der Waals surface area contributed by atoms with Crippen molar-refractivity contribution in [3.8, 4) is 22.3 Å². The Bertz CT molecular complexity index is 1330. The van der Waals surface area contributed by atoms with Crippen LogP contribution in [0.1, 0.15) is 78.7 Å². The number of pyridine rings is 1. The van der Waals surface area contributed by atoms with Gasteiger partial charge in [-0.05, 0) is 79.2 Å². The molecule has 6 heteroatoms. The summed E-state index contributed by atoms with van der Waals surface area (Å²) < 4.78 is 0. The van der Waals surface area contributed by atoms with Gasteiger partial charge in [-0.25, -0.2) is 4.98 Å². The molecule has 3 N–H and O–H groups in total. The summed E-state index contributed by atoms with van der Waals surface area (Å²) in [5, 5.41) is 3.05. The maximum absolute atomic E-state index is 13.1. The Morgan fingerprint density at radius 1 is 0.902 bits per heavy atom. The molecule has 2 amide bonds. The Hall–Kier alpha value is -3.51. The Morgan fingerprint density at radius 3 is 2.10 bits per heavy atom. The average Bonchev–Trinajstić information content (AvgIpc) is 2.92. The van der Waals surface area contributed by atoms with Crippen LogP contribution in [0.25, 0.3) is 22.3 Å². The minimum Gasteiger partial charge on any atom is -0.343 e. The van der Waals surface area contributed by atoms with Gasteiger partial charge < -0.3 is 16.0 Å². The maximum atomic E-state index is 13.1. The smallest absolute Gasteiger partial charge is 0.225 e. The lowest BCUT2D eigenvalue weighted by molar-refractivity contribution is -0.134. The monoisotopic (exact) mass is 554 g/mol. The lowest BCUT2D eigenvalue weighted by atomic mass is 9.83. The number of anilines is 1. The first-order valence-electron chi connectivity index (χ1n) is 14.8. The van der Waals surface area contributed by atoms with Crippen molar-refractivity contribution >= 4 is 17.6 Å². The highest BCUT2D eigenvalue weighted by molar-refractivity contribution is 5.92. The van der Waals surface area contributed by atoms with E-state index < -0.39 is 5.54 Å². The summed E-state index contributed by atoms with van der Waals surface area (Å²) in [5.74, 6) is 1.06. The highest BCUT2D eigenvalue weighted by Crippen LogP contribution is 2.35. The molecule has 1 heterocycles. The van der Waals surface area contributed by atoms with Crippen molar-refractivity contribution in [3.05, 3.63) is 72.4 Å². The number of nitrogens with zero attached hydrogens (tertiary/aromatic N) is 2. The standard InChI is InChI=1S/C35H46N4O2/c1-34(2,3)22-33(41)39(6)28-18-12-24(13-19-28)20-32(40)38-31-21-29(25-10-8-7-9-11-25)30(23-37-31)26-14-16-27(17-15-26)35(4,5)36/h7-11,14-17,21,23-24,28H,12-13,18-20,22,36H2,1-6H3,(H,37,38,40). The van der Waals surface area contributed by atoms with Crippen molar-refractivity contribution in [1.82, 2.24) is 9.88 Å². The first kappa shape index (κ1) is 30.4. The SMILES string of the molecule is CN(C(=O)CC(C)(C)C)C1CCC(CC(=O)Nc2cc(-c3ccccc3)c(-c3ccc(C(C)(C)N)cc3)cn2)CC1. The van der Waals surface area contributed by atoms with E-state index in [-0.39, 0.29) is 23.3 Å². The topological polar surface area (TPSA) is 88.3 Å². The molecule has 0 unspecified atom stereocenters. The second-order valence-corrected chi connectivity index (χ2v) is 13.4. The molecule has 0 radical (unpaired) electrons. The normalized spacial score (nSPS) is 17.6. The molecule has 0 atom stereocenters. The number of carbonyl (C=O) groups excluding carboxylic acids is 2. The van der Waals surface area contributed by atoms with E-state index in [0.29, 0.717) is 24.6 Å². The molecule has 6 nitrogen and oxygen atoms in total. The Labute approximate surface area is 245 Å². The molecule has 1 aliphatic carbocycles. The first-order valence-corrected chi connectivity index (χ1v) is 14.8. The van der Waals surface area contributed by atoms with Crippen LogP contribution >= 0.6 is 0 Å². The van der Waals surface area contributed by atoms with Crippen molar-refractivity contribution < 1.29 is 9.59 Å². The number of carbonyl (C=O) groups is 2. The molecule has 0 saturated heterocycles. The second-order valence-electron chi connectivity index (χ2n) is 13.4. The third-order valence-corrected chi connectivity index (χ3v) is 8.11. The van der Waals surface area contributed by atoms with E-state index in [0.717, 1.165) is 53.5 Å². The van der Waals surface area contributed by atoms with Gasteiger partial charge in [0, 0.05) is 43.2 Å². The third kappa shape index (κ3) is 8.26.